The van der Waals surface area contributed by atoms with Crippen molar-refractivity contribution in [3.05, 3.63) is 43.0 Å². The SMILES string of the molecule is O=C(O)N1CC[C@@H](F)[C@@H](Nc2cncc(-c3cnc4ccccn34)n2)C1. The first-order valence-electron chi connectivity index (χ1n) is 8.25. The topological polar surface area (TPSA) is 95.7 Å². The van der Waals surface area contributed by atoms with E-state index in [9.17, 15) is 9.18 Å². The van der Waals surface area contributed by atoms with Crippen LogP contribution >= 0.6 is 0 Å². The molecule has 1 aliphatic rings. The number of alkyl halides is 1. The average Bonchev–Trinajstić information content (AvgIpc) is 3.08. The number of hydrogen-bond donors (Lipinski definition) is 2. The van der Waals surface area contributed by atoms with Gasteiger partial charge in [0.25, 0.3) is 0 Å². The molecule has 1 aliphatic heterocycles. The first-order chi connectivity index (χ1) is 12.6. The number of nitrogens with zero attached hydrogens (tertiary/aromatic N) is 5. The molecule has 1 fully saturated rings. The van der Waals surface area contributed by atoms with E-state index in [2.05, 4.69) is 20.3 Å². The van der Waals surface area contributed by atoms with Gasteiger partial charge in [-0.15, -0.1) is 0 Å². The molecule has 134 valence electrons. The van der Waals surface area contributed by atoms with Gasteiger partial charge in [-0.2, -0.15) is 0 Å². The number of rotatable bonds is 3. The molecule has 3 aromatic rings. The van der Waals surface area contributed by atoms with Crippen LogP contribution in [0.5, 0.6) is 0 Å². The van der Waals surface area contributed by atoms with Gasteiger partial charge in [-0.05, 0) is 18.6 Å². The lowest BCUT2D eigenvalue weighted by atomic mass is 10.0. The normalized spacial score (nSPS) is 20.3. The van der Waals surface area contributed by atoms with Crippen LogP contribution in [0, 0.1) is 0 Å². The van der Waals surface area contributed by atoms with E-state index in [1.807, 2.05) is 28.8 Å². The lowest BCUT2D eigenvalue weighted by molar-refractivity contribution is 0.108. The Morgan fingerprint density at radius 3 is 3.04 bits per heavy atom. The maximum absolute atomic E-state index is 14.2. The fourth-order valence-electron chi connectivity index (χ4n) is 3.10. The van der Waals surface area contributed by atoms with Gasteiger partial charge in [0.15, 0.2) is 0 Å². The van der Waals surface area contributed by atoms with Gasteiger partial charge in [-0.1, -0.05) is 6.07 Å². The zero-order valence-electron chi connectivity index (χ0n) is 13.8. The van der Waals surface area contributed by atoms with E-state index in [-0.39, 0.29) is 19.5 Å². The summed E-state index contributed by atoms with van der Waals surface area (Å²) >= 11 is 0. The summed E-state index contributed by atoms with van der Waals surface area (Å²) in [6.07, 6.45) is 4.65. The van der Waals surface area contributed by atoms with Crippen LogP contribution in [0.2, 0.25) is 0 Å². The van der Waals surface area contributed by atoms with Gasteiger partial charge in [0.2, 0.25) is 0 Å². The third-order valence-corrected chi connectivity index (χ3v) is 4.45. The quantitative estimate of drug-likeness (QED) is 0.748. The first-order valence-corrected chi connectivity index (χ1v) is 8.25. The summed E-state index contributed by atoms with van der Waals surface area (Å²) in [6, 6.07) is 5.01. The third-order valence-electron chi connectivity index (χ3n) is 4.45. The van der Waals surface area contributed by atoms with Crippen molar-refractivity contribution < 1.29 is 14.3 Å². The highest BCUT2D eigenvalue weighted by atomic mass is 19.1. The van der Waals surface area contributed by atoms with Crippen molar-refractivity contribution >= 4 is 17.6 Å². The van der Waals surface area contributed by atoms with Gasteiger partial charge in [0, 0.05) is 19.3 Å². The van der Waals surface area contributed by atoms with E-state index in [0.717, 1.165) is 11.3 Å². The van der Waals surface area contributed by atoms with Crippen LogP contribution in [0.3, 0.4) is 0 Å². The van der Waals surface area contributed by atoms with Crippen molar-refractivity contribution in [1.82, 2.24) is 24.3 Å². The zero-order valence-corrected chi connectivity index (χ0v) is 13.8. The number of piperidine rings is 1. The minimum absolute atomic E-state index is 0.0675. The van der Waals surface area contributed by atoms with Gasteiger partial charge >= 0.3 is 6.09 Å². The van der Waals surface area contributed by atoms with Crippen molar-refractivity contribution in [3.8, 4) is 11.4 Å². The molecule has 1 saturated heterocycles. The Morgan fingerprint density at radius 1 is 1.31 bits per heavy atom. The number of likely N-dealkylation sites (tertiary alicyclic amines) is 1. The molecule has 26 heavy (non-hydrogen) atoms. The molecular formula is C17H17FN6O2. The van der Waals surface area contributed by atoms with Gasteiger partial charge in [0.1, 0.15) is 23.3 Å². The number of anilines is 1. The highest BCUT2D eigenvalue weighted by Crippen LogP contribution is 2.22. The van der Waals surface area contributed by atoms with Crippen LogP contribution in [-0.4, -0.2) is 60.8 Å². The van der Waals surface area contributed by atoms with E-state index in [1.165, 1.54) is 11.1 Å². The molecule has 0 spiro atoms. The summed E-state index contributed by atoms with van der Waals surface area (Å²) in [5, 5.41) is 12.1. The fourth-order valence-corrected chi connectivity index (χ4v) is 3.10. The van der Waals surface area contributed by atoms with E-state index in [4.69, 9.17) is 5.11 Å². The Morgan fingerprint density at radius 2 is 2.19 bits per heavy atom. The second-order valence-corrected chi connectivity index (χ2v) is 6.15. The second kappa shape index (κ2) is 6.58. The number of carboxylic acid groups (broad SMARTS) is 1. The number of aromatic nitrogens is 4. The smallest absolute Gasteiger partial charge is 0.407 e. The number of fused-ring (bicyclic) bond motifs is 1. The van der Waals surface area contributed by atoms with Crippen LogP contribution < -0.4 is 5.32 Å². The van der Waals surface area contributed by atoms with Gasteiger partial charge < -0.3 is 15.3 Å². The molecule has 4 heterocycles. The van der Waals surface area contributed by atoms with E-state index >= 15 is 0 Å². The number of nitrogens with one attached hydrogen (secondary N) is 1. The van der Waals surface area contributed by atoms with Crippen LogP contribution in [0.1, 0.15) is 6.42 Å². The van der Waals surface area contributed by atoms with Gasteiger partial charge in [-0.25, -0.2) is 19.2 Å². The van der Waals surface area contributed by atoms with Crippen LogP contribution in [0.15, 0.2) is 43.0 Å². The molecule has 2 atom stereocenters. The maximum atomic E-state index is 14.2. The number of amides is 1. The van der Waals surface area contributed by atoms with Crippen molar-refractivity contribution in [2.24, 2.45) is 0 Å². The lowest BCUT2D eigenvalue weighted by Crippen LogP contribution is -2.50. The minimum Gasteiger partial charge on any atom is -0.465 e. The average molecular weight is 356 g/mol. The van der Waals surface area contributed by atoms with Crippen LogP contribution in [0.4, 0.5) is 15.0 Å². The standard InChI is InChI=1S/C17H17FN6O2/c18-11-4-6-23(17(25)26)10-13(11)22-15-9-19-7-12(21-15)14-8-20-16-3-1-2-5-24(14)16/h1-3,5,7-9,11,13H,4,6,10H2,(H,21,22)(H,25,26)/t11-,13+/m1/s1. The predicted octanol–water partition coefficient (Wildman–Crippen LogP) is 2.29. The van der Waals surface area contributed by atoms with Crippen molar-refractivity contribution in [3.63, 3.8) is 0 Å². The molecule has 8 nitrogen and oxygen atoms in total. The number of pyridine rings is 1. The molecule has 1 amide bonds. The molecule has 0 aliphatic carbocycles. The Kier molecular flexibility index (Phi) is 4.11. The summed E-state index contributed by atoms with van der Waals surface area (Å²) in [5.74, 6) is 0.397. The molecule has 0 bridgehead atoms. The highest BCUT2D eigenvalue weighted by molar-refractivity contribution is 5.65. The first kappa shape index (κ1) is 16.2. The molecule has 0 unspecified atom stereocenters. The summed E-state index contributed by atoms with van der Waals surface area (Å²) in [7, 11) is 0. The highest BCUT2D eigenvalue weighted by Gasteiger charge is 2.31. The molecule has 4 rings (SSSR count). The largest absolute Gasteiger partial charge is 0.465 e. The van der Waals surface area contributed by atoms with Gasteiger partial charge in [-0.3, -0.25) is 9.38 Å². The van der Waals surface area contributed by atoms with E-state index in [1.54, 1.807) is 12.4 Å². The predicted molar refractivity (Wildman–Crippen MR) is 92.7 cm³/mol. The zero-order chi connectivity index (χ0) is 18.1. The number of hydrogen-bond acceptors (Lipinski definition) is 5. The molecule has 2 N–H and O–H groups in total. The van der Waals surface area contributed by atoms with E-state index in [0.29, 0.717) is 11.5 Å². The fraction of sp³-hybridized carbons (Fsp3) is 0.294. The minimum atomic E-state index is -1.15. The van der Waals surface area contributed by atoms with Crippen molar-refractivity contribution in [1.29, 1.82) is 0 Å². The number of halogens is 1. The Bertz CT molecular complexity index is 946. The second-order valence-electron chi connectivity index (χ2n) is 6.15. The third kappa shape index (κ3) is 3.03. The number of carbonyl (C=O) groups is 1. The summed E-state index contributed by atoms with van der Waals surface area (Å²) < 4.78 is 16.1. The summed E-state index contributed by atoms with van der Waals surface area (Å²) in [6.45, 7) is 0.264. The Hall–Kier alpha value is -3.23. The maximum Gasteiger partial charge on any atom is 0.407 e. The van der Waals surface area contributed by atoms with Gasteiger partial charge in [0.05, 0.1) is 30.3 Å². The molecule has 0 aromatic carbocycles. The Labute approximate surface area is 148 Å². The summed E-state index contributed by atoms with van der Waals surface area (Å²) in [5.41, 5.74) is 2.15. The molecule has 0 saturated carbocycles. The van der Waals surface area contributed by atoms with E-state index < -0.39 is 18.3 Å². The Balaban J connectivity index is 1.59. The lowest BCUT2D eigenvalue weighted by Gasteiger charge is -2.33. The van der Waals surface area contributed by atoms with Crippen LogP contribution in [0.25, 0.3) is 17.0 Å². The molecule has 0 radical (unpaired) electrons. The van der Waals surface area contributed by atoms with Crippen LogP contribution in [-0.2, 0) is 0 Å². The molecule has 3 aromatic heterocycles. The summed E-state index contributed by atoms with van der Waals surface area (Å²) in [4.78, 5) is 25.3. The van der Waals surface area contributed by atoms with Crippen molar-refractivity contribution in [2.75, 3.05) is 18.4 Å². The van der Waals surface area contributed by atoms with Crippen molar-refractivity contribution in [2.45, 2.75) is 18.6 Å². The number of imidazole rings is 1. The monoisotopic (exact) mass is 356 g/mol. The molecule has 9 heteroatoms. The molecular weight excluding hydrogens is 339 g/mol.